The van der Waals surface area contributed by atoms with Crippen molar-refractivity contribution >= 4 is 39.5 Å². The minimum absolute atomic E-state index is 0.392. The van der Waals surface area contributed by atoms with Crippen LogP contribution < -0.4 is 11.1 Å². The van der Waals surface area contributed by atoms with Crippen LogP contribution in [0.15, 0.2) is 54.7 Å². The van der Waals surface area contributed by atoms with Crippen molar-refractivity contribution in [1.82, 2.24) is 4.98 Å². The standard InChI is InChI=1S/C17H15N3S/c1-11-4-2-6-14(17(18)21)16(11)20-13-7-8-15-12(10-13)5-3-9-19-15/h2-10,20H,1H3,(H2,18,21). The zero-order chi connectivity index (χ0) is 14.8. The second-order valence-electron chi connectivity index (χ2n) is 4.90. The Balaban J connectivity index is 2.04. The number of aromatic nitrogens is 1. The summed E-state index contributed by atoms with van der Waals surface area (Å²) in [4.78, 5) is 4.72. The molecule has 3 N–H and O–H groups in total. The van der Waals surface area contributed by atoms with Crippen molar-refractivity contribution in [2.75, 3.05) is 5.32 Å². The zero-order valence-electron chi connectivity index (χ0n) is 11.6. The molecule has 0 spiro atoms. The molecule has 0 atom stereocenters. The number of thiocarbonyl (C=S) groups is 1. The first kappa shape index (κ1) is 13.5. The monoisotopic (exact) mass is 293 g/mol. The molecule has 0 fully saturated rings. The third-order valence-corrected chi connectivity index (χ3v) is 3.63. The first-order valence-corrected chi connectivity index (χ1v) is 7.07. The second kappa shape index (κ2) is 5.50. The highest BCUT2D eigenvalue weighted by Gasteiger charge is 2.08. The van der Waals surface area contributed by atoms with Crippen LogP contribution in [0.2, 0.25) is 0 Å². The van der Waals surface area contributed by atoms with Gasteiger partial charge in [-0.25, -0.2) is 0 Å². The van der Waals surface area contributed by atoms with Crippen molar-refractivity contribution < 1.29 is 0 Å². The van der Waals surface area contributed by atoms with E-state index in [2.05, 4.69) is 16.4 Å². The fourth-order valence-corrected chi connectivity index (χ4v) is 2.51. The number of hydrogen-bond donors (Lipinski definition) is 2. The Labute approximate surface area is 128 Å². The van der Waals surface area contributed by atoms with Gasteiger partial charge >= 0.3 is 0 Å². The Morgan fingerprint density at radius 1 is 1.14 bits per heavy atom. The van der Waals surface area contributed by atoms with E-state index in [1.807, 2.05) is 49.4 Å². The van der Waals surface area contributed by atoms with Gasteiger partial charge in [0.05, 0.1) is 11.2 Å². The van der Waals surface area contributed by atoms with E-state index in [4.69, 9.17) is 18.0 Å². The summed E-state index contributed by atoms with van der Waals surface area (Å²) in [6.45, 7) is 2.03. The minimum Gasteiger partial charge on any atom is -0.389 e. The molecule has 0 saturated carbocycles. The molecule has 0 radical (unpaired) electrons. The van der Waals surface area contributed by atoms with E-state index in [9.17, 15) is 0 Å². The van der Waals surface area contributed by atoms with Gasteiger partial charge in [-0.2, -0.15) is 0 Å². The molecule has 3 aromatic rings. The van der Waals surface area contributed by atoms with E-state index in [0.717, 1.165) is 33.4 Å². The van der Waals surface area contributed by atoms with Gasteiger partial charge in [0, 0.05) is 22.8 Å². The van der Waals surface area contributed by atoms with Crippen LogP contribution in [0, 0.1) is 6.92 Å². The average Bonchev–Trinajstić information content (AvgIpc) is 2.49. The molecular formula is C17H15N3S. The van der Waals surface area contributed by atoms with E-state index < -0.39 is 0 Å². The van der Waals surface area contributed by atoms with Gasteiger partial charge < -0.3 is 11.1 Å². The summed E-state index contributed by atoms with van der Waals surface area (Å²) in [5.41, 5.74) is 10.7. The molecule has 0 amide bonds. The molecule has 21 heavy (non-hydrogen) atoms. The summed E-state index contributed by atoms with van der Waals surface area (Å²) >= 11 is 5.13. The van der Waals surface area contributed by atoms with Crippen LogP contribution in [-0.2, 0) is 0 Å². The smallest absolute Gasteiger partial charge is 0.106 e. The number of nitrogens with one attached hydrogen (secondary N) is 1. The molecule has 0 aliphatic heterocycles. The number of pyridine rings is 1. The van der Waals surface area contributed by atoms with Crippen molar-refractivity contribution in [3.05, 3.63) is 65.9 Å². The van der Waals surface area contributed by atoms with Gasteiger partial charge in [-0.1, -0.05) is 30.4 Å². The highest BCUT2D eigenvalue weighted by atomic mass is 32.1. The predicted molar refractivity (Wildman–Crippen MR) is 92.1 cm³/mol. The molecule has 0 unspecified atom stereocenters. The topological polar surface area (TPSA) is 50.9 Å². The highest BCUT2D eigenvalue weighted by molar-refractivity contribution is 7.80. The van der Waals surface area contributed by atoms with E-state index >= 15 is 0 Å². The third-order valence-electron chi connectivity index (χ3n) is 3.41. The second-order valence-corrected chi connectivity index (χ2v) is 5.34. The molecule has 1 aromatic heterocycles. The third kappa shape index (κ3) is 2.71. The van der Waals surface area contributed by atoms with Crippen molar-refractivity contribution in [2.24, 2.45) is 5.73 Å². The number of rotatable bonds is 3. The summed E-state index contributed by atoms with van der Waals surface area (Å²) < 4.78 is 0. The predicted octanol–water partition coefficient (Wildman–Crippen LogP) is 3.92. The van der Waals surface area contributed by atoms with E-state index in [1.165, 1.54) is 0 Å². The maximum Gasteiger partial charge on any atom is 0.106 e. The molecular weight excluding hydrogens is 278 g/mol. The van der Waals surface area contributed by atoms with Crippen LogP contribution >= 0.6 is 12.2 Å². The first-order chi connectivity index (χ1) is 10.1. The number of nitrogens with two attached hydrogens (primary N) is 1. The largest absolute Gasteiger partial charge is 0.389 e. The van der Waals surface area contributed by atoms with Crippen LogP contribution in [-0.4, -0.2) is 9.97 Å². The Bertz CT molecular complexity index is 827. The molecule has 4 heteroatoms. The van der Waals surface area contributed by atoms with Gasteiger partial charge in [0.2, 0.25) is 0 Å². The maximum atomic E-state index is 5.81. The molecule has 0 bridgehead atoms. The normalized spacial score (nSPS) is 10.5. The van der Waals surface area contributed by atoms with Gasteiger partial charge in [0.25, 0.3) is 0 Å². The zero-order valence-corrected chi connectivity index (χ0v) is 12.4. The number of hydrogen-bond acceptors (Lipinski definition) is 3. The van der Waals surface area contributed by atoms with Crippen LogP contribution in [0.25, 0.3) is 10.9 Å². The molecule has 104 valence electrons. The quantitative estimate of drug-likeness (QED) is 0.719. The van der Waals surface area contributed by atoms with Crippen LogP contribution in [0.3, 0.4) is 0 Å². The van der Waals surface area contributed by atoms with Gasteiger partial charge in [-0.15, -0.1) is 0 Å². The Morgan fingerprint density at radius 2 is 2.00 bits per heavy atom. The van der Waals surface area contributed by atoms with Crippen molar-refractivity contribution in [3.63, 3.8) is 0 Å². The van der Waals surface area contributed by atoms with Crippen molar-refractivity contribution in [3.8, 4) is 0 Å². The number of para-hydroxylation sites is 1. The molecule has 3 rings (SSSR count). The summed E-state index contributed by atoms with van der Waals surface area (Å²) in [7, 11) is 0. The lowest BCUT2D eigenvalue weighted by molar-refractivity contribution is 1.40. The van der Waals surface area contributed by atoms with Gasteiger partial charge in [0.1, 0.15) is 4.99 Å². The van der Waals surface area contributed by atoms with Crippen molar-refractivity contribution in [2.45, 2.75) is 6.92 Å². The summed E-state index contributed by atoms with van der Waals surface area (Å²) in [5.74, 6) is 0. The minimum atomic E-state index is 0.392. The van der Waals surface area contributed by atoms with Gasteiger partial charge in [-0.3, -0.25) is 4.98 Å². The molecule has 3 nitrogen and oxygen atoms in total. The molecule has 0 saturated heterocycles. The molecule has 0 aliphatic rings. The highest BCUT2D eigenvalue weighted by Crippen LogP contribution is 2.26. The maximum absolute atomic E-state index is 5.81. The van der Waals surface area contributed by atoms with E-state index in [1.54, 1.807) is 6.20 Å². The van der Waals surface area contributed by atoms with Crippen LogP contribution in [0.1, 0.15) is 11.1 Å². The SMILES string of the molecule is Cc1cccc(C(N)=S)c1Nc1ccc2ncccc2c1. The van der Waals surface area contributed by atoms with E-state index in [-0.39, 0.29) is 0 Å². The van der Waals surface area contributed by atoms with Gasteiger partial charge in [0.15, 0.2) is 0 Å². The number of nitrogens with zero attached hydrogens (tertiary/aromatic N) is 1. The number of aryl methyl sites for hydroxylation is 1. The Morgan fingerprint density at radius 3 is 2.81 bits per heavy atom. The van der Waals surface area contributed by atoms with Crippen LogP contribution in [0.5, 0.6) is 0 Å². The molecule has 1 heterocycles. The average molecular weight is 293 g/mol. The number of anilines is 2. The lowest BCUT2D eigenvalue weighted by atomic mass is 10.1. The van der Waals surface area contributed by atoms with Crippen LogP contribution in [0.4, 0.5) is 11.4 Å². The number of fused-ring (bicyclic) bond motifs is 1. The lowest BCUT2D eigenvalue weighted by Gasteiger charge is -2.14. The fourth-order valence-electron chi connectivity index (χ4n) is 2.34. The van der Waals surface area contributed by atoms with E-state index in [0.29, 0.717) is 4.99 Å². The number of benzene rings is 2. The van der Waals surface area contributed by atoms with Crippen molar-refractivity contribution in [1.29, 1.82) is 0 Å². The molecule has 2 aromatic carbocycles. The lowest BCUT2D eigenvalue weighted by Crippen LogP contribution is -2.12. The Kier molecular flexibility index (Phi) is 3.54. The summed E-state index contributed by atoms with van der Waals surface area (Å²) in [6, 6.07) is 16.0. The Hall–Kier alpha value is -2.46. The first-order valence-electron chi connectivity index (χ1n) is 6.66. The van der Waals surface area contributed by atoms with Gasteiger partial charge in [-0.05, 0) is 42.8 Å². The summed E-state index contributed by atoms with van der Waals surface area (Å²) in [6.07, 6.45) is 1.79. The fraction of sp³-hybridized carbons (Fsp3) is 0.0588. The molecule has 0 aliphatic carbocycles. The summed E-state index contributed by atoms with van der Waals surface area (Å²) in [5, 5.41) is 4.51.